The highest BCUT2D eigenvalue weighted by Gasteiger charge is 2.27. The van der Waals surface area contributed by atoms with Crippen LogP contribution in [0, 0.1) is 0 Å². The highest BCUT2D eigenvalue weighted by Crippen LogP contribution is 2.34. The van der Waals surface area contributed by atoms with Crippen LogP contribution in [-0.4, -0.2) is 45.5 Å². The van der Waals surface area contributed by atoms with Crippen molar-refractivity contribution in [3.8, 4) is 22.7 Å². The lowest BCUT2D eigenvalue weighted by Gasteiger charge is -2.27. The second-order valence-electron chi connectivity index (χ2n) is 8.03. The van der Waals surface area contributed by atoms with Crippen molar-refractivity contribution in [1.29, 1.82) is 0 Å². The predicted octanol–water partition coefficient (Wildman–Crippen LogP) is 5.39. The number of carbonyl (C=O) groups excluding carboxylic acids is 1. The van der Waals surface area contributed by atoms with Gasteiger partial charge in [0.15, 0.2) is 5.17 Å². The van der Waals surface area contributed by atoms with E-state index in [2.05, 4.69) is 9.89 Å². The van der Waals surface area contributed by atoms with Crippen LogP contribution >= 0.6 is 11.8 Å². The van der Waals surface area contributed by atoms with Crippen molar-refractivity contribution in [2.24, 2.45) is 4.99 Å². The maximum atomic E-state index is 12.7. The molecule has 1 aromatic heterocycles. The van der Waals surface area contributed by atoms with Crippen molar-refractivity contribution in [3.05, 3.63) is 71.3 Å². The fraction of sp³-hybridized carbons (Fsp3) is 0.269. The molecule has 0 N–H and O–H groups in total. The quantitative estimate of drug-likeness (QED) is 0.480. The molecule has 3 heterocycles. The van der Waals surface area contributed by atoms with Gasteiger partial charge in [-0.15, -0.1) is 0 Å². The van der Waals surface area contributed by atoms with Gasteiger partial charge < -0.3 is 9.64 Å². The SMILES string of the molecule is CCOc1cccc(-c2nn(-c3ccccc3)cc2C=C2SC(N3CCCCC3)=NC2=O)c1. The van der Waals surface area contributed by atoms with Gasteiger partial charge in [0.05, 0.1) is 17.2 Å². The molecule has 2 aromatic carbocycles. The number of hydrogen-bond acceptors (Lipinski definition) is 5. The maximum Gasteiger partial charge on any atom is 0.286 e. The Morgan fingerprint density at radius 1 is 1.06 bits per heavy atom. The Hall–Kier alpha value is -3.32. The maximum absolute atomic E-state index is 12.7. The molecule has 2 aliphatic rings. The van der Waals surface area contributed by atoms with E-state index < -0.39 is 0 Å². The number of amides is 1. The van der Waals surface area contributed by atoms with Gasteiger partial charge in [0.2, 0.25) is 0 Å². The van der Waals surface area contributed by atoms with Crippen molar-refractivity contribution in [2.45, 2.75) is 26.2 Å². The van der Waals surface area contributed by atoms with Crippen LogP contribution in [0.15, 0.2) is 70.7 Å². The molecular formula is C26H26N4O2S. The number of benzene rings is 2. The van der Waals surface area contributed by atoms with Gasteiger partial charge in [-0.2, -0.15) is 10.1 Å². The summed E-state index contributed by atoms with van der Waals surface area (Å²) in [5.74, 6) is 0.618. The summed E-state index contributed by atoms with van der Waals surface area (Å²) in [7, 11) is 0. The zero-order valence-corrected chi connectivity index (χ0v) is 19.4. The Morgan fingerprint density at radius 3 is 2.67 bits per heavy atom. The largest absolute Gasteiger partial charge is 0.494 e. The minimum absolute atomic E-state index is 0.179. The first kappa shape index (κ1) is 21.5. The Balaban J connectivity index is 1.52. The lowest BCUT2D eigenvalue weighted by Crippen LogP contribution is -2.33. The van der Waals surface area contributed by atoms with Gasteiger partial charge in [-0.1, -0.05) is 30.3 Å². The van der Waals surface area contributed by atoms with Gasteiger partial charge in [-0.3, -0.25) is 4.79 Å². The summed E-state index contributed by atoms with van der Waals surface area (Å²) in [6, 6.07) is 17.9. The number of hydrogen-bond donors (Lipinski definition) is 0. The number of nitrogens with zero attached hydrogens (tertiary/aromatic N) is 4. The molecule has 33 heavy (non-hydrogen) atoms. The highest BCUT2D eigenvalue weighted by atomic mass is 32.2. The Kier molecular flexibility index (Phi) is 6.30. The van der Waals surface area contributed by atoms with E-state index in [9.17, 15) is 4.79 Å². The fourth-order valence-electron chi connectivity index (χ4n) is 4.09. The van der Waals surface area contributed by atoms with Gasteiger partial charge in [0.25, 0.3) is 5.91 Å². The Morgan fingerprint density at radius 2 is 1.88 bits per heavy atom. The van der Waals surface area contributed by atoms with Gasteiger partial charge in [-0.25, -0.2) is 4.68 Å². The monoisotopic (exact) mass is 458 g/mol. The molecule has 0 bridgehead atoms. The van der Waals surface area contributed by atoms with Crippen molar-refractivity contribution >= 4 is 28.9 Å². The fourth-order valence-corrected chi connectivity index (χ4v) is 5.05. The van der Waals surface area contributed by atoms with Crippen molar-refractivity contribution in [2.75, 3.05) is 19.7 Å². The number of likely N-dealkylation sites (tertiary alicyclic amines) is 1. The zero-order valence-electron chi connectivity index (χ0n) is 18.6. The average Bonchev–Trinajstić information content (AvgIpc) is 3.45. The zero-order chi connectivity index (χ0) is 22.6. The van der Waals surface area contributed by atoms with E-state index in [1.165, 1.54) is 18.2 Å². The van der Waals surface area contributed by atoms with Crippen LogP contribution in [0.1, 0.15) is 31.7 Å². The molecule has 0 saturated carbocycles. The van der Waals surface area contributed by atoms with Gasteiger partial charge in [-0.05, 0) is 68.3 Å². The smallest absolute Gasteiger partial charge is 0.286 e. The second kappa shape index (κ2) is 9.67. The molecule has 1 amide bonds. The van der Waals surface area contributed by atoms with Crippen LogP contribution in [0.4, 0.5) is 0 Å². The van der Waals surface area contributed by atoms with Gasteiger partial charge in [0, 0.05) is 30.4 Å². The first-order chi connectivity index (χ1) is 16.2. The van der Waals surface area contributed by atoms with Crippen LogP contribution in [-0.2, 0) is 4.79 Å². The topological polar surface area (TPSA) is 59.7 Å². The molecule has 0 spiro atoms. The number of thioether (sulfide) groups is 1. The third kappa shape index (κ3) is 4.73. The number of carbonyl (C=O) groups is 1. The number of aliphatic imine (C=N–C) groups is 1. The van der Waals surface area contributed by atoms with E-state index in [-0.39, 0.29) is 5.91 Å². The molecule has 0 aliphatic carbocycles. The normalized spacial score (nSPS) is 17.5. The van der Waals surface area contributed by atoms with Gasteiger partial charge >= 0.3 is 0 Å². The van der Waals surface area contributed by atoms with Crippen LogP contribution in [0.3, 0.4) is 0 Å². The number of amidine groups is 1. The molecule has 2 aliphatic heterocycles. The summed E-state index contributed by atoms with van der Waals surface area (Å²) in [5, 5.41) is 5.70. The van der Waals surface area contributed by atoms with Crippen LogP contribution < -0.4 is 4.74 Å². The summed E-state index contributed by atoms with van der Waals surface area (Å²) in [6.07, 6.45) is 7.43. The minimum Gasteiger partial charge on any atom is -0.494 e. The standard InChI is InChI=1S/C26H26N4O2S/c1-2-32-22-13-9-10-19(16-22)24-20(18-30(28-24)21-11-5-3-6-12-21)17-23-25(31)27-26(33-23)29-14-7-4-8-15-29/h3,5-6,9-13,16-18H,2,4,7-8,14-15H2,1H3. The first-order valence-corrected chi connectivity index (χ1v) is 12.2. The van der Waals surface area contributed by atoms with Crippen molar-refractivity contribution in [3.63, 3.8) is 0 Å². The summed E-state index contributed by atoms with van der Waals surface area (Å²) in [4.78, 5) is 20.0. The average molecular weight is 459 g/mol. The van der Waals surface area contributed by atoms with Gasteiger partial charge in [0.1, 0.15) is 11.4 Å². The van der Waals surface area contributed by atoms with Crippen molar-refractivity contribution in [1.82, 2.24) is 14.7 Å². The lowest BCUT2D eigenvalue weighted by atomic mass is 10.1. The Labute approximate surface area is 198 Å². The molecule has 3 aromatic rings. The molecule has 5 rings (SSSR count). The molecule has 168 valence electrons. The molecule has 0 radical (unpaired) electrons. The second-order valence-corrected chi connectivity index (χ2v) is 9.04. The summed E-state index contributed by atoms with van der Waals surface area (Å²) in [5.41, 5.74) is 3.57. The Bertz CT molecular complexity index is 1210. The number of rotatable bonds is 5. The number of ether oxygens (including phenoxy) is 1. The number of piperidine rings is 1. The third-order valence-corrected chi connectivity index (χ3v) is 6.75. The predicted molar refractivity (Wildman–Crippen MR) is 134 cm³/mol. The first-order valence-electron chi connectivity index (χ1n) is 11.4. The summed E-state index contributed by atoms with van der Waals surface area (Å²) in [6.45, 7) is 4.50. The van der Waals surface area contributed by atoms with Crippen LogP contribution in [0.2, 0.25) is 0 Å². The highest BCUT2D eigenvalue weighted by molar-refractivity contribution is 8.18. The van der Waals surface area contributed by atoms with E-state index in [1.807, 2.05) is 78.5 Å². The van der Waals surface area contributed by atoms with E-state index >= 15 is 0 Å². The van der Waals surface area contributed by atoms with Crippen LogP contribution in [0.25, 0.3) is 23.0 Å². The molecule has 6 nitrogen and oxygen atoms in total. The lowest BCUT2D eigenvalue weighted by molar-refractivity contribution is -0.113. The third-order valence-electron chi connectivity index (χ3n) is 5.70. The molecular weight excluding hydrogens is 432 g/mol. The summed E-state index contributed by atoms with van der Waals surface area (Å²) >= 11 is 1.47. The van der Waals surface area contributed by atoms with E-state index in [0.29, 0.717) is 11.5 Å². The molecule has 0 atom stereocenters. The van der Waals surface area contributed by atoms with E-state index in [0.717, 1.165) is 59.4 Å². The van der Waals surface area contributed by atoms with Crippen LogP contribution in [0.5, 0.6) is 5.75 Å². The minimum atomic E-state index is -0.179. The molecule has 7 heteroatoms. The number of aromatic nitrogens is 2. The summed E-state index contributed by atoms with van der Waals surface area (Å²) < 4.78 is 7.55. The number of para-hydroxylation sites is 1. The van der Waals surface area contributed by atoms with E-state index in [1.54, 1.807) is 0 Å². The molecule has 0 unspecified atom stereocenters. The molecule has 1 fully saturated rings. The molecule has 1 saturated heterocycles. The van der Waals surface area contributed by atoms with E-state index in [4.69, 9.17) is 9.84 Å². The van der Waals surface area contributed by atoms with Crippen molar-refractivity contribution < 1.29 is 9.53 Å².